The van der Waals surface area contributed by atoms with Crippen LogP contribution in [0.25, 0.3) is 0 Å². The number of rotatable bonds is 5. The fourth-order valence-electron chi connectivity index (χ4n) is 1.43. The average Bonchev–Trinajstić information content (AvgIpc) is 2.15. The van der Waals surface area contributed by atoms with Crippen molar-refractivity contribution in [2.45, 2.75) is 32.4 Å². The first kappa shape index (κ1) is 13.1. The van der Waals surface area contributed by atoms with Crippen molar-refractivity contribution >= 4 is 17.5 Å². The Hall–Kier alpha value is -1.96. The molecular weight excluding hydrogens is 226 g/mol. The van der Waals surface area contributed by atoms with Gasteiger partial charge >= 0.3 is 5.69 Å². The fourth-order valence-corrected chi connectivity index (χ4v) is 1.43. The second-order valence-electron chi connectivity index (χ2n) is 3.85. The van der Waals surface area contributed by atoms with Crippen LogP contribution in [0.5, 0.6) is 0 Å². The third kappa shape index (κ3) is 3.83. The maximum absolute atomic E-state index is 10.7. The highest BCUT2D eigenvalue weighted by molar-refractivity contribution is 5.56. The number of aliphatic hydroxyl groups is 1. The Bertz CT molecular complexity index is 410. The number of nitrogens with one attached hydrogen (secondary N) is 1. The van der Waals surface area contributed by atoms with Crippen molar-refractivity contribution in [2.24, 2.45) is 0 Å². The molecule has 1 aromatic rings. The lowest BCUT2D eigenvalue weighted by molar-refractivity contribution is -0.384. The molecule has 0 bridgehead atoms. The first-order valence-electron chi connectivity index (χ1n) is 5.11. The highest BCUT2D eigenvalue weighted by Crippen LogP contribution is 2.22. The summed E-state index contributed by atoms with van der Waals surface area (Å²) >= 11 is 0. The van der Waals surface area contributed by atoms with Crippen molar-refractivity contribution in [3.05, 3.63) is 16.3 Å². The van der Waals surface area contributed by atoms with Gasteiger partial charge in [-0.15, -0.1) is 0 Å². The van der Waals surface area contributed by atoms with Crippen LogP contribution in [0.2, 0.25) is 0 Å². The molecule has 2 unspecified atom stereocenters. The lowest BCUT2D eigenvalue weighted by Crippen LogP contribution is -2.22. The molecule has 0 aliphatic carbocycles. The van der Waals surface area contributed by atoms with E-state index in [1.807, 2.05) is 0 Å². The van der Waals surface area contributed by atoms with Crippen LogP contribution >= 0.6 is 0 Å². The van der Waals surface area contributed by atoms with Gasteiger partial charge in [-0.25, -0.2) is 4.98 Å². The standard InChI is InChI=1S/C9H15N5O3/c1-5(3-6(2)15)12-8-7(14(16)17)4-11-9(10)13-8/h4-6,15H,3H2,1-2H3,(H3,10,11,12,13). The number of hydrogen-bond donors (Lipinski definition) is 3. The second-order valence-corrected chi connectivity index (χ2v) is 3.85. The molecule has 0 aliphatic rings. The molecule has 0 aromatic carbocycles. The minimum absolute atomic E-state index is 0.0395. The van der Waals surface area contributed by atoms with Gasteiger partial charge < -0.3 is 16.2 Å². The van der Waals surface area contributed by atoms with Gasteiger partial charge in [-0.2, -0.15) is 4.98 Å². The summed E-state index contributed by atoms with van der Waals surface area (Å²) in [6.07, 6.45) is 0.997. The highest BCUT2D eigenvalue weighted by Gasteiger charge is 2.18. The van der Waals surface area contributed by atoms with Crippen LogP contribution in [0.1, 0.15) is 20.3 Å². The predicted molar refractivity (Wildman–Crippen MR) is 62.5 cm³/mol. The van der Waals surface area contributed by atoms with E-state index in [0.29, 0.717) is 6.42 Å². The van der Waals surface area contributed by atoms with Crippen LogP contribution in [0.3, 0.4) is 0 Å². The molecule has 4 N–H and O–H groups in total. The summed E-state index contributed by atoms with van der Waals surface area (Å²) in [5.74, 6) is 0.0259. The molecule has 0 fully saturated rings. The molecule has 17 heavy (non-hydrogen) atoms. The van der Waals surface area contributed by atoms with E-state index in [1.165, 1.54) is 0 Å². The Morgan fingerprint density at radius 2 is 2.29 bits per heavy atom. The zero-order valence-corrected chi connectivity index (χ0v) is 9.62. The Morgan fingerprint density at radius 3 is 2.82 bits per heavy atom. The fraction of sp³-hybridized carbons (Fsp3) is 0.556. The summed E-state index contributed by atoms with van der Waals surface area (Å²) < 4.78 is 0. The lowest BCUT2D eigenvalue weighted by atomic mass is 10.1. The number of nitro groups is 1. The number of aliphatic hydroxyl groups excluding tert-OH is 1. The summed E-state index contributed by atoms with van der Waals surface area (Å²) in [5.41, 5.74) is 5.13. The summed E-state index contributed by atoms with van der Waals surface area (Å²) in [6.45, 7) is 3.43. The van der Waals surface area contributed by atoms with E-state index in [4.69, 9.17) is 5.73 Å². The van der Waals surface area contributed by atoms with Crippen molar-refractivity contribution in [1.29, 1.82) is 0 Å². The number of nitrogen functional groups attached to an aromatic ring is 1. The maximum atomic E-state index is 10.7. The molecule has 0 radical (unpaired) electrons. The average molecular weight is 241 g/mol. The quantitative estimate of drug-likeness (QED) is 0.507. The Morgan fingerprint density at radius 1 is 1.65 bits per heavy atom. The van der Waals surface area contributed by atoms with Crippen LogP contribution < -0.4 is 11.1 Å². The SMILES string of the molecule is CC(O)CC(C)Nc1nc(N)ncc1[N+](=O)[O-]. The molecule has 8 nitrogen and oxygen atoms in total. The Kier molecular flexibility index (Phi) is 4.16. The van der Waals surface area contributed by atoms with Crippen molar-refractivity contribution in [2.75, 3.05) is 11.1 Å². The number of hydrogen-bond acceptors (Lipinski definition) is 7. The third-order valence-corrected chi connectivity index (χ3v) is 2.06. The van der Waals surface area contributed by atoms with E-state index in [-0.39, 0.29) is 23.5 Å². The number of aromatic nitrogens is 2. The van der Waals surface area contributed by atoms with Crippen molar-refractivity contribution in [1.82, 2.24) is 9.97 Å². The van der Waals surface area contributed by atoms with Crippen LogP contribution in [-0.2, 0) is 0 Å². The van der Waals surface area contributed by atoms with Gasteiger partial charge in [0.2, 0.25) is 11.8 Å². The van der Waals surface area contributed by atoms with Gasteiger partial charge in [0.05, 0.1) is 11.0 Å². The molecule has 94 valence electrons. The van der Waals surface area contributed by atoms with Crippen LogP contribution in [-0.4, -0.2) is 32.1 Å². The lowest BCUT2D eigenvalue weighted by Gasteiger charge is -2.15. The summed E-state index contributed by atoms with van der Waals surface area (Å²) in [6, 6.07) is -0.164. The van der Waals surface area contributed by atoms with E-state index in [9.17, 15) is 15.2 Å². The monoisotopic (exact) mass is 241 g/mol. The first-order chi connectivity index (χ1) is 7.90. The molecule has 1 heterocycles. The normalized spacial score (nSPS) is 14.1. The topological polar surface area (TPSA) is 127 Å². The van der Waals surface area contributed by atoms with E-state index < -0.39 is 11.0 Å². The van der Waals surface area contributed by atoms with E-state index in [2.05, 4.69) is 15.3 Å². The Labute approximate surface area is 98.0 Å². The Balaban J connectivity index is 2.88. The zero-order valence-electron chi connectivity index (χ0n) is 9.62. The van der Waals surface area contributed by atoms with Gasteiger partial charge in [0.1, 0.15) is 6.20 Å². The van der Waals surface area contributed by atoms with Gasteiger partial charge in [-0.05, 0) is 20.3 Å². The molecule has 0 spiro atoms. The first-order valence-corrected chi connectivity index (χ1v) is 5.11. The largest absolute Gasteiger partial charge is 0.393 e. The molecule has 1 aromatic heterocycles. The van der Waals surface area contributed by atoms with Gasteiger partial charge in [0, 0.05) is 6.04 Å². The van der Waals surface area contributed by atoms with Gasteiger partial charge in [-0.3, -0.25) is 10.1 Å². The van der Waals surface area contributed by atoms with Crippen molar-refractivity contribution in [3.63, 3.8) is 0 Å². The predicted octanol–water partition coefficient (Wildman–Crippen LogP) is 0.538. The summed E-state index contributed by atoms with van der Waals surface area (Å²) in [7, 11) is 0. The highest BCUT2D eigenvalue weighted by atomic mass is 16.6. The van der Waals surface area contributed by atoms with Gasteiger partial charge in [0.15, 0.2) is 0 Å². The number of nitrogens with zero attached hydrogens (tertiary/aromatic N) is 3. The van der Waals surface area contributed by atoms with Gasteiger partial charge in [-0.1, -0.05) is 0 Å². The van der Waals surface area contributed by atoms with Crippen LogP contribution in [0.15, 0.2) is 6.20 Å². The second kappa shape index (κ2) is 5.39. The molecular formula is C9H15N5O3. The molecule has 8 heteroatoms. The third-order valence-electron chi connectivity index (χ3n) is 2.06. The number of nitrogens with two attached hydrogens (primary N) is 1. The van der Waals surface area contributed by atoms with Crippen LogP contribution in [0, 0.1) is 10.1 Å². The maximum Gasteiger partial charge on any atom is 0.329 e. The van der Waals surface area contributed by atoms with Gasteiger partial charge in [0.25, 0.3) is 0 Å². The zero-order chi connectivity index (χ0) is 13.0. The van der Waals surface area contributed by atoms with E-state index in [1.54, 1.807) is 13.8 Å². The van der Waals surface area contributed by atoms with E-state index in [0.717, 1.165) is 6.20 Å². The number of anilines is 2. The van der Waals surface area contributed by atoms with E-state index >= 15 is 0 Å². The molecule has 0 amide bonds. The summed E-state index contributed by atoms with van der Waals surface area (Å²) in [5, 5.41) is 22.8. The van der Waals surface area contributed by atoms with Crippen molar-refractivity contribution < 1.29 is 10.0 Å². The molecule has 0 saturated carbocycles. The summed E-state index contributed by atoms with van der Waals surface area (Å²) in [4.78, 5) is 17.5. The molecule has 0 saturated heterocycles. The van der Waals surface area contributed by atoms with Crippen molar-refractivity contribution in [3.8, 4) is 0 Å². The van der Waals surface area contributed by atoms with Crippen LogP contribution in [0.4, 0.5) is 17.5 Å². The smallest absolute Gasteiger partial charge is 0.329 e. The molecule has 2 atom stereocenters. The minimum Gasteiger partial charge on any atom is -0.393 e. The minimum atomic E-state index is -0.586. The molecule has 1 rings (SSSR count). The molecule has 0 aliphatic heterocycles.